The zero-order valence-corrected chi connectivity index (χ0v) is 79.5. The summed E-state index contributed by atoms with van der Waals surface area (Å²) < 4.78 is 80.9. The van der Waals surface area contributed by atoms with Crippen LogP contribution in [-0.2, 0) is 115 Å². The summed E-state index contributed by atoms with van der Waals surface area (Å²) in [6, 6.07) is 42.1. The number of anilines is 3. The number of Topliss-reactive ketones (excluding diaryl/α,β-unsaturated/α-hetero) is 2. The second kappa shape index (κ2) is 71.0. The molecular weight excluding hydrogens is 1970 g/mol. The first-order chi connectivity index (χ1) is 68.5. The van der Waals surface area contributed by atoms with Gasteiger partial charge in [0.2, 0.25) is 0 Å². The number of hydrogen-bond acceptors (Lipinski definition) is 28. The number of rotatable bonds is 32. The molecular formula is C93H106F6N16O28S2. The van der Waals surface area contributed by atoms with E-state index in [2.05, 4.69) is 112 Å². The van der Waals surface area contributed by atoms with E-state index in [9.17, 15) is 35.9 Å². The number of H-pyrrole nitrogens is 6. The van der Waals surface area contributed by atoms with E-state index in [-0.39, 0.29) is 16.8 Å². The van der Waals surface area contributed by atoms with Crippen molar-refractivity contribution in [1.82, 2.24) is 59.8 Å². The molecule has 6 aromatic carbocycles. The van der Waals surface area contributed by atoms with Crippen molar-refractivity contribution in [2.24, 2.45) is 5.16 Å². The summed E-state index contributed by atoms with van der Waals surface area (Å²) in [6.45, 7) is 12.2. The first-order valence-corrected chi connectivity index (χ1v) is 44.1. The van der Waals surface area contributed by atoms with E-state index >= 15 is 0 Å². The minimum Gasteiger partial charge on any atom is -0.494 e. The van der Waals surface area contributed by atoms with Gasteiger partial charge in [-0.15, -0.1) is 23.5 Å². The van der Waals surface area contributed by atoms with E-state index in [1.807, 2.05) is 111 Å². The summed E-state index contributed by atoms with van der Waals surface area (Å²) in [6.07, 6.45) is 22.9. The van der Waals surface area contributed by atoms with Gasteiger partial charge in [-0.3, -0.25) is 9.59 Å². The molecule has 1 atom stereocenters. The molecule has 0 spiro atoms. The highest BCUT2D eigenvalue weighted by molar-refractivity contribution is 8.00. The summed E-state index contributed by atoms with van der Waals surface area (Å²) >= 11 is 3.16. The molecule has 22 N–H and O–H groups in total. The zero-order valence-electron chi connectivity index (χ0n) is 77.8. The minimum atomic E-state index is -4.30. The van der Waals surface area contributed by atoms with Gasteiger partial charge in [0, 0.05) is 124 Å². The normalized spacial score (nSPS) is 10.3. The highest BCUT2D eigenvalue weighted by atomic mass is 32.2. The number of carbonyl (C=O) groups excluding carboxylic acids is 2. The van der Waals surface area contributed by atoms with Crippen LogP contribution in [0.15, 0.2) is 236 Å². The lowest BCUT2D eigenvalue weighted by Gasteiger charge is -2.12. The van der Waals surface area contributed by atoms with Crippen LogP contribution < -0.4 is 20.7 Å². The summed E-state index contributed by atoms with van der Waals surface area (Å²) in [5.41, 5.74) is 11.9. The number of benzene rings is 6. The lowest BCUT2D eigenvalue weighted by atomic mass is 10.1. The van der Waals surface area contributed by atoms with Crippen molar-refractivity contribution in [2.75, 3.05) is 47.9 Å². The second-order valence-corrected chi connectivity index (χ2v) is 31.1. The van der Waals surface area contributed by atoms with Gasteiger partial charge >= 0.3 is 84.0 Å². The van der Waals surface area contributed by atoms with Crippen LogP contribution in [0, 0.1) is 0 Å². The number of aryl methyl sites for hydroxylation is 6. The number of carboxylic acid groups (broad SMARTS) is 12. The Morgan fingerprint density at radius 1 is 0.372 bits per heavy atom. The summed E-state index contributed by atoms with van der Waals surface area (Å²) in [4.78, 5) is 176. The number of nitrogens with zero attached hydrogens (tertiary/aromatic N) is 7. The number of oxime groups is 1. The maximum Gasteiger partial charge on any atom is 0.416 e. The van der Waals surface area contributed by atoms with Crippen molar-refractivity contribution in [3.05, 3.63) is 288 Å². The van der Waals surface area contributed by atoms with Gasteiger partial charge in [0.1, 0.15) is 5.75 Å². The number of hydrogen-bond donors (Lipinski definition) is 22. The average Bonchev–Trinajstić information content (AvgIpc) is 1.41. The van der Waals surface area contributed by atoms with Gasteiger partial charge in [-0.05, 0) is 169 Å². The van der Waals surface area contributed by atoms with E-state index in [4.69, 9.17) is 129 Å². The number of alkyl halides is 6. The van der Waals surface area contributed by atoms with Crippen molar-refractivity contribution in [3.8, 4) is 5.75 Å². The maximum absolute atomic E-state index is 12.6. The van der Waals surface area contributed by atoms with Gasteiger partial charge < -0.3 is 117 Å². The number of ketones is 2. The number of nitrogens with one attached hydrogen (secondary N) is 9. The fourth-order valence-corrected chi connectivity index (χ4v) is 12.3. The van der Waals surface area contributed by atoms with Crippen LogP contribution in [-0.4, -0.2) is 252 Å². The summed E-state index contributed by atoms with van der Waals surface area (Å²) in [5, 5.41) is 111. The molecule has 0 saturated carbocycles. The number of thioether (sulfide) groups is 2. The quantitative estimate of drug-likeness (QED) is 0.00272. The highest BCUT2D eigenvalue weighted by Gasteiger charge is 2.32. The van der Waals surface area contributed by atoms with Crippen LogP contribution in [0.2, 0.25) is 0 Å². The van der Waals surface area contributed by atoms with Crippen LogP contribution in [0.4, 0.5) is 43.4 Å². The highest BCUT2D eigenvalue weighted by Crippen LogP contribution is 2.34. The molecule has 0 saturated heterocycles. The molecule has 0 fully saturated rings. The van der Waals surface area contributed by atoms with E-state index in [1.165, 1.54) is 41.2 Å². The van der Waals surface area contributed by atoms with Gasteiger partial charge in [0.25, 0.3) is 0 Å². The van der Waals surface area contributed by atoms with E-state index in [0.717, 1.165) is 168 Å². The van der Waals surface area contributed by atoms with Crippen molar-refractivity contribution in [3.63, 3.8) is 0 Å². The molecule has 6 heterocycles. The maximum atomic E-state index is 12.6. The smallest absolute Gasteiger partial charge is 0.416 e. The van der Waals surface area contributed by atoms with Gasteiger partial charge in [-0.2, -0.15) is 26.3 Å². The molecule has 0 radical (unpaired) electrons. The Labute approximate surface area is 829 Å². The number of imidazole rings is 6. The third kappa shape index (κ3) is 61.5. The molecule has 1 unspecified atom stereocenters. The fraction of sp³-hybridized carbons (Fsp3) is 0.258. The van der Waals surface area contributed by atoms with Crippen LogP contribution >= 0.6 is 23.5 Å². The fourth-order valence-electron chi connectivity index (χ4n) is 10.3. The molecule has 0 aliphatic carbocycles. The van der Waals surface area contributed by atoms with Crippen LogP contribution in [0.5, 0.6) is 5.75 Å². The monoisotopic (exact) mass is 2070 g/mol. The molecule has 0 aliphatic heterocycles. The van der Waals surface area contributed by atoms with Crippen molar-refractivity contribution >= 4 is 129 Å². The first-order valence-electron chi connectivity index (χ1n) is 42.3. The Morgan fingerprint density at radius 2 is 0.690 bits per heavy atom. The third-order valence-corrected chi connectivity index (χ3v) is 19.2. The van der Waals surface area contributed by atoms with E-state index in [1.54, 1.807) is 88.8 Å². The first kappa shape index (κ1) is 126. The standard InChI is InChI=1S/C14H17N3O2.C14H17N3O.C14H19N3.C13H14F3N3.C13H13F3N2S.C13H14N2OS.6C2H2O4/c1-11(17-18)12-4-2-6-14(8-12)19-7-3-5-13-9-15-10-16-13;1-11(18)12-4-2-5-13(8-12)16-7-3-6-14-9-15-10-17-14;1-2-12-5-3-6-13(9-12)16-8-4-7-14-10-15-11-17-14;14-13(15,16)10-3-1-4-11(7-10)18-6-2-5-12-8-17-9-19-12;1-9(5-11-7-17-8-18-11)19-12-4-2-3-10(6-12)13(14,15)16;1-10(16)11-3-2-4-13(7-11)17-6-5-12-8-14-9-15-12;6*3-1(4)2(5)6/h2,4,6,8-10,18H,3,5,7H2,1H3,(H,15,16);2,4-5,8-10,16H,3,6-7H2,1H3,(H,15,17);3,5-6,9-11,16H,2,4,7-8H2,1H3,(H,15,17);1,3-4,7-9,18H,2,5-6H2,(H,17,19);2-4,6-9H,5H2,1H3,(H,17,18);2-4,7-9H,5-6H2,1H3,(H,14,15);6*(H,3,4)(H,5,6). The Morgan fingerprint density at radius 3 is 1.06 bits per heavy atom. The summed E-state index contributed by atoms with van der Waals surface area (Å²) in [7, 11) is 0. The number of halogens is 6. The molecule has 780 valence electrons. The SMILES string of the molecule is CC(=NO)c1cccc(OCCCc2c[nH]cn2)c1.CC(=O)c1cccc(NCCCc2c[nH]cn2)c1.CC(=O)c1cccc(SCCc2c[nH]cn2)c1.CC(Cc1c[nH]cn1)Sc1cccc(C(F)(F)F)c1.CCc1cccc(NCCCc2c[nH]cn2)c1.FC(F)(F)c1cccc(NCCCc2c[nH]cn2)c1.O=C(O)C(=O)O.O=C(O)C(=O)O.O=C(O)C(=O)O.O=C(O)C(=O)O.O=C(O)C(=O)O.O=C(O)C(=O)O. The van der Waals surface area contributed by atoms with Gasteiger partial charge in [-0.1, -0.05) is 79.7 Å². The predicted octanol–water partition coefficient (Wildman–Crippen LogP) is 13.8. The number of ether oxygens (including phenoxy) is 1. The Kier molecular flexibility index (Phi) is 61.5. The number of aliphatic carboxylic acids is 12. The van der Waals surface area contributed by atoms with E-state index in [0.29, 0.717) is 35.9 Å². The number of aromatic nitrogens is 12. The van der Waals surface area contributed by atoms with Crippen molar-refractivity contribution in [1.29, 1.82) is 0 Å². The predicted molar refractivity (Wildman–Crippen MR) is 513 cm³/mol. The molecule has 145 heavy (non-hydrogen) atoms. The molecule has 12 aromatic rings. The summed E-state index contributed by atoms with van der Waals surface area (Å²) in [5.74, 6) is -19.9. The Balaban J connectivity index is 0.000000814. The largest absolute Gasteiger partial charge is 0.494 e. The Hall–Kier alpha value is -17.5. The van der Waals surface area contributed by atoms with Gasteiger partial charge in [-0.25, -0.2) is 87.4 Å². The van der Waals surface area contributed by atoms with Crippen molar-refractivity contribution in [2.45, 2.75) is 133 Å². The molecule has 0 aliphatic rings. The Bertz CT molecular complexity index is 5670. The lowest BCUT2D eigenvalue weighted by molar-refractivity contribution is -0.159. The lowest BCUT2D eigenvalue weighted by Crippen LogP contribution is -2.09. The number of carbonyl (C=O) groups is 14. The van der Waals surface area contributed by atoms with E-state index < -0.39 is 95.1 Å². The number of carboxylic acids is 12. The zero-order chi connectivity index (χ0) is 109. The molecule has 12 rings (SSSR count). The molecule has 6 aromatic heterocycles. The van der Waals surface area contributed by atoms with Crippen LogP contribution in [0.3, 0.4) is 0 Å². The molecule has 52 heteroatoms. The van der Waals surface area contributed by atoms with Crippen LogP contribution in [0.1, 0.15) is 137 Å². The molecule has 0 amide bonds. The third-order valence-electron chi connectivity index (χ3n) is 17.1. The topological polar surface area (TPSA) is 732 Å². The minimum absolute atomic E-state index is 0.0928. The molecule has 0 bridgehead atoms. The molecule has 44 nitrogen and oxygen atoms in total. The van der Waals surface area contributed by atoms with Gasteiger partial charge in [0.15, 0.2) is 11.6 Å². The second-order valence-electron chi connectivity index (χ2n) is 28.4. The average molecular weight is 2070 g/mol. The van der Waals surface area contributed by atoms with Crippen molar-refractivity contribution < 1.29 is 165 Å². The number of aromatic amines is 6. The van der Waals surface area contributed by atoms with Gasteiger partial charge in [0.05, 0.1) is 95.6 Å². The van der Waals surface area contributed by atoms with Crippen LogP contribution in [0.25, 0.3) is 0 Å².